The van der Waals surface area contributed by atoms with Gasteiger partial charge in [0.25, 0.3) is 0 Å². The number of anilines is 2. The quantitative estimate of drug-likeness (QED) is 0.268. The zero-order valence-electron chi connectivity index (χ0n) is 20.4. The average molecular weight is 566 g/mol. The van der Waals surface area contributed by atoms with Crippen molar-refractivity contribution in [3.8, 4) is 11.5 Å². The van der Waals surface area contributed by atoms with Gasteiger partial charge in [0.1, 0.15) is 28.4 Å². The summed E-state index contributed by atoms with van der Waals surface area (Å²) >= 11 is 0. The summed E-state index contributed by atoms with van der Waals surface area (Å²) in [6.07, 6.45) is -4.80. The lowest BCUT2D eigenvalue weighted by Gasteiger charge is -2.19. The van der Waals surface area contributed by atoms with Crippen molar-refractivity contribution in [3.63, 3.8) is 0 Å². The number of carbonyl (C=O) groups excluding carboxylic acids is 1. The highest BCUT2D eigenvalue weighted by molar-refractivity contribution is 6.09. The smallest absolute Gasteiger partial charge is 0.453 e. The Morgan fingerprint density at radius 2 is 1.95 bits per heavy atom. The Morgan fingerprint density at radius 1 is 1.20 bits per heavy atom. The van der Waals surface area contributed by atoms with Gasteiger partial charge in [-0.1, -0.05) is 5.21 Å². The van der Waals surface area contributed by atoms with Gasteiger partial charge in [-0.15, -0.1) is 5.10 Å². The summed E-state index contributed by atoms with van der Waals surface area (Å²) < 4.78 is 67.4. The van der Waals surface area contributed by atoms with E-state index in [1.54, 1.807) is 0 Å². The second-order valence-electron chi connectivity index (χ2n) is 9.14. The molecule has 0 bridgehead atoms. The van der Waals surface area contributed by atoms with E-state index in [4.69, 9.17) is 10.8 Å². The van der Waals surface area contributed by atoms with Gasteiger partial charge in [-0.3, -0.25) is 14.3 Å². The molecule has 1 aliphatic heterocycles. The molecule has 0 radical (unpaired) electrons. The van der Waals surface area contributed by atoms with Crippen molar-refractivity contribution < 1.29 is 36.6 Å². The van der Waals surface area contributed by atoms with Crippen LogP contribution in [-0.4, -0.2) is 68.8 Å². The fraction of sp³-hybridized carbons (Fsp3) is 0.364. The minimum Gasteiger partial charge on any atom is -0.481 e. The van der Waals surface area contributed by atoms with Crippen molar-refractivity contribution in [2.45, 2.75) is 50.4 Å². The molecule has 1 atom stereocenters. The average Bonchev–Trinajstić information content (AvgIpc) is 3.56. The van der Waals surface area contributed by atoms with Crippen LogP contribution in [0.3, 0.4) is 0 Å². The molecule has 0 saturated heterocycles. The number of pyridine rings is 1. The number of halogens is 5. The molecule has 4 aromatic heterocycles. The summed E-state index contributed by atoms with van der Waals surface area (Å²) in [6.45, 7) is 0.706. The second-order valence-corrected chi connectivity index (χ2v) is 9.14. The van der Waals surface area contributed by atoms with E-state index in [0.717, 1.165) is 4.68 Å². The lowest BCUT2D eigenvalue weighted by molar-refractivity contribution is -0.285. The van der Waals surface area contributed by atoms with Gasteiger partial charge < -0.3 is 16.2 Å². The van der Waals surface area contributed by atoms with Gasteiger partial charge in [0.2, 0.25) is 5.91 Å². The number of nitrogens with two attached hydrogens (primary N) is 1. The Kier molecular flexibility index (Phi) is 6.14. The van der Waals surface area contributed by atoms with Crippen LogP contribution in [0, 0.1) is 0 Å². The molecule has 0 fully saturated rings. The maximum Gasteiger partial charge on any atom is 0.453 e. The van der Waals surface area contributed by atoms with Crippen LogP contribution in [-0.2, 0) is 28.1 Å². The van der Waals surface area contributed by atoms with Crippen LogP contribution in [0.1, 0.15) is 31.0 Å². The molecule has 0 spiro atoms. The number of aliphatic carboxylic acids is 1. The van der Waals surface area contributed by atoms with Gasteiger partial charge in [0.15, 0.2) is 11.5 Å². The second kappa shape index (κ2) is 9.16. The number of carboxylic acids is 1. The fourth-order valence-corrected chi connectivity index (χ4v) is 4.32. The van der Waals surface area contributed by atoms with Gasteiger partial charge in [-0.25, -0.2) is 19.6 Å². The summed E-state index contributed by atoms with van der Waals surface area (Å²) in [7, 11) is 0. The predicted molar refractivity (Wildman–Crippen MR) is 126 cm³/mol. The maximum atomic E-state index is 13.6. The highest BCUT2D eigenvalue weighted by Crippen LogP contribution is 2.44. The van der Waals surface area contributed by atoms with E-state index in [9.17, 15) is 31.5 Å². The molecule has 1 amide bonds. The Bertz CT molecular complexity index is 1650. The van der Waals surface area contributed by atoms with Crippen molar-refractivity contribution >= 4 is 34.5 Å². The largest absolute Gasteiger partial charge is 0.481 e. The van der Waals surface area contributed by atoms with Crippen LogP contribution >= 0.6 is 0 Å². The first-order valence-corrected chi connectivity index (χ1v) is 11.6. The van der Waals surface area contributed by atoms with E-state index in [0.29, 0.717) is 0 Å². The Balaban J connectivity index is 1.53. The van der Waals surface area contributed by atoms with E-state index in [1.165, 1.54) is 36.1 Å². The number of nitrogen functional groups attached to an aromatic ring is 1. The topological polar surface area (TPSA) is 180 Å². The molecule has 0 aromatic carbocycles. The zero-order valence-corrected chi connectivity index (χ0v) is 20.4. The predicted octanol–water partition coefficient (Wildman–Crippen LogP) is 2.38. The Hall–Kier alpha value is -4.77. The third-order valence-electron chi connectivity index (χ3n) is 6.50. The number of carbonyl (C=O) groups is 2. The summed E-state index contributed by atoms with van der Waals surface area (Å²) in [5.74, 6) is -6.85. The fourth-order valence-electron chi connectivity index (χ4n) is 4.32. The van der Waals surface area contributed by atoms with Crippen LogP contribution in [0.4, 0.5) is 33.6 Å². The molecule has 4 N–H and O–H groups in total. The molecule has 0 saturated carbocycles. The van der Waals surface area contributed by atoms with E-state index in [1.807, 2.05) is 0 Å². The highest BCUT2D eigenvalue weighted by atomic mass is 19.4. The lowest BCUT2D eigenvalue weighted by atomic mass is 9.81. The summed E-state index contributed by atoms with van der Waals surface area (Å²) in [5.41, 5.74) is 5.09. The minimum atomic E-state index is -5.73. The first-order chi connectivity index (χ1) is 18.7. The molecule has 5 rings (SSSR count). The molecular formula is C22H19F5N10O3. The SMILES string of the molecule is C[C@@]1(c2cn(CCC(=O)O)nn2)C(=O)Nc2nc(-c3nn(CCC(F)(F)C(F)(F)F)c4ncccc34)nc(N)c21. The number of amides is 1. The molecule has 4 aromatic rings. The number of fused-ring (bicyclic) bond motifs is 2. The van der Waals surface area contributed by atoms with Crippen molar-refractivity contribution in [1.29, 1.82) is 0 Å². The lowest BCUT2D eigenvalue weighted by Crippen LogP contribution is -2.37. The Morgan fingerprint density at radius 3 is 2.65 bits per heavy atom. The van der Waals surface area contributed by atoms with Gasteiger partial charge in [0.05, 0.1) is 23.9 Å². The molecular weight excluding hydrogens is 547 g/mol. The van der Waals surface area contributed by atoms with E-state index >= 15 is 0 Å². The molecule has 40 heavy (non-hydrogen) atoms. The number of hydrogen-bond donors (Lipinski definition) is 3. The monoisotopic (exact) mass is 566 g/mol. The third kappa shape index (κ3) is 4.34. The number of rotatable bonds is 8. The first-order valence-electron chi connectivity index (χ1n) is 11.6. The number of aromatic nitrogens is 8. The number of alkyl halides is 5. The normalized spacial score (nSPS) is 17.3. The van der Waals surface area contributed by atoms with Crippen LogP contribution in [0.25, 0.3) is 22.6 Å². The molecule has 0 unspecified atom stereocenters. The van der Waals surface area contributed by atoms with Crippen LogP contribution in [0.5, 0.6) is 0 Å². The van der Waals surface area contributed by atoms with Crippen molar-refractivity contribution in [2.24, 2.45) is 0 Å². The number of hydrogen-bond acceptors (Lipinski definition) is 9. The molecule has 13 nitrogen and oxygen atoms in total. The van der Waals surface area contributed by atoms with E-state index in [-0.39, 0.29) is 58.4 Å². The van der Waals surface area contributed by atoms with Crippen molar-refractivity contribution in [3.05, 3.63) is 35.8 Å². The first kappa shape index (κ1) is 26.8. The number of nitrogens with one attached hydrogen (secondary N) is 1. The molecule has 5 heterocycles. The highest BCUT2D eigenvalue weighted by Gasteiger charge is 2.57. The van der Waals surface area contributed by atoms with E-state index < -0.39 is 42.4 Å². The summed E-state index contributed by atoms with van der Waals surface area (Å²) in [6, 6.07) is 3.01. The molecule has 0 aliphatic carbocycles. The molecule has 18 heteroatoms. The van der Waals surface area contributed by atoms with Crippen molar-refractivity contribution in [2.75, 3.05) is 11.1 Å². The van der Waals surface area contributed by atoms with Crippen LogP contribution in [0.2, 0.25) is 0 Å². The number of nitrogens with zero attached hydrogens (tertiary/aromatic N) is 8. The van der Waals surface area contributed by atoms with Crippen LogP contribution in [0.15, 0.2) is 24.5 Å². The van der Waals surface area contributed by atoms with Crippen LogP contribution < -0.4 is 11.1 Å². The third-order valence-corrected chi connectivity index (χ3v) is 6.50. The van der Waals surface area contributed by atoms with Crippen molar-refractivity contribution in [1.82, 2.24) is 39.7 Å². The van der Waals surface area contributed by atoms with E-state index in [2.05, 4.69) is 35.7 Å². The molecule has 210 valence electrons. The maximum absolute atomic E-state index is 13.6. The zero-order chi connectivity index (χ0) is 29.0. The van der Waals surface area contributed by atoms with Gasteiger partial charge in [-0.05, 0) is 19.1 Å². The van der Waals surface area contributed by atoms with Gasteiger partial charge in [0, 0.05) is 25.4 Å². The minimum absolute atomic E-state index is 0.00427. The van der Waals surface area contributed by atoms with Gasteiger partial charge >= 0.3 is 18.1 Å². The molecule has 1 aliphatic rings. The Labute approximate surface area is 220 Å². The summed E-state index contributed by atoms with van der Waals surface area (Å²) in [5, 5.41) is 23.8. The van der Waals surface area contributed by atoms with Gasteiger partial charge in [-0.2, -0.15) is 27.1 Å². The number of carboxylic acid groups (broad SMARTS) is 1. The summed E-state index contributed by atoms with van der Waals surface area (Å²) in [4.78, 5) is 36.6. The standard InChI is InChI=1S/C22H19F5N10O3/c1-20(11-9-36(35-33-11)7-4-12(38)39)13-15(28)30-17(31-16(13)32-19(20)40)14-10-3-2-6-29-18(10)37(34-14)8-5-21(23,24)22(25,26)27/h2-3,6,9H,4-5,7-8H2,1H3,(H,38,39)(H3,28,30,31,32,40)/t20-/m0/s1. The number of aryl methyl sites for hydroxylation is 2.